The van der Waals surface area contributed by atoms with E-state index < -0.39 is 0 Å². The first-order valence-corrected chi connectivity index (χ1v) is 8.09. The van der Waals surface area contributed by atoms with Crippen LogP contribution in [0.2, 0.25) is 0 Å². The average Bonchev–Trinajstić information content (AvgIpc) is 2.84. The number of aromatic nitrogens is 2. The van der Waals surface area contributed by atoms with Gasteiger partial charge in [-0.2, -0.15) is 0 Å². The van der Waals surface area contributed by atoms with E-state index >= 15 is 0 Å². The maximum absolute atomic E-state index is 4.33. The minimum absolute atomic E-state index is 0.310. The number of benzene rings is 1. The van der Waals surface area contributed by atoms with Crippen molar-refractivity contribution in [1.82, 2.24) is 15.5 Å². The van der Waals surface area contributed by atoms with E-state index in [1.165, 1.54) is 5.56 Å². The van der Waals surface area contributed by atoms with Crippen LogP contribution in [-0.2, 0) is 0 Å². The van der Waals surface area contributed by atoms with E-state index in [4.69, 9.17) is 0 Å². The molecule has 0 bridgehead atoms. The molecule has 1 heterocycles. The zero-order chi connectivity index (χ0) is 13.8. The van der Waals surface area contributed by atoms with Crippen molar-refractivity contribution in [2.24, 2.45) is 0 Å². The maximum Gasteiger partial charge on any atom is 0.147 e. The highest BCUT2D eigenvalue weighted by molar-refractivity contribution is 9.10. The topological polar surface area (TPSA) is 37.8 Å². The minimum Gasteiger partial charge on any atom is -0.308 e. The van der Waals surface area contributed by atoms with Crippen LogP contribution in [-0.4, -0.2) is 16.7 Å². The van der Waals surface area contributed by atoms with Crippen molar-refractivity contribution in [3.63, 3.8) is 0 Å². The van der Waals surface area contributed by atoms with Crippen LogP contribution in [0.25, 0.3) is 10.6 Å². The van der Waals surface area contributed by atoms with Crippen LogP contribution >= 0.6 is 27.3 Å². The Bertz CT molecular complexity index is 533. The number of hydrogen-bond donors (Lipinski definition) is 1. The third-order valence-electron chi connectivity index (χ3n) is 2.89. The quantitative estimate of drug-likeness (QED) is 0.880. The van der Waals surface area contributed by atoms with Crippen LogP contribution in [0.4, 0.5) is 0 Å². The predicted octanol–water partition coefficient (Wildman–Crippen LogP) is 4.34. The summed E-state index contributed by atoms with van der Waals surface area (Å²) in [5, 5.41) is 14.1. The average molecular weight is 340 g/mol. The molecule has 0 fully saturated rings. The zero-order valence-corrected chi connectivity index (χ0v) is 13.8. The summed E-state index contributed by atoms with van der Waals surface area (Å²) >= 11 is 5.20. The van der Waals surface area contributed by atoms with Gasteiger partial charge in [-0.05, 0) is 43.7 Å². The molecule has 5 heteroatoms. The van der Waals surface area contributed by atoms with Crippen LogP contribution in [0, 0.1) is 6.92 Å². The van der Waals surface area contributed by atoms with E-state index in [9.17, 15) is 0 Å². The number of nitrogens with one attached hydrogen (secondary N) is 1. The summed E-state index contributed by atoms with van der Waals surface area (Å²) in [6.45, 7) is 7.31. The van der Waals surface area contributed by atoms with Crippen LogP contribution in [0.1, 0.15) is 36.9 Å². The second-order valence-electron chi connectivity index (χ2n) is 4.48. The van der Waals surface area contributed by atoms with Crippen molar-refractivity contribution in [2.45, 2.75) is 33.2 Å². The lowest BCUT2D eigenvalue weighted by Gasteiger charge is -2.10. The number of nitrogens with zero attached hydrogens (tertiary/aromatic N) is 2. The number of aryl methyl sites for hydroxylation is 1. The van der Waals surface area contributed by atoms with E-state index in [1.54, 1.807) is 11.3 Å². The summed E-state index contributed by atoms with van der Waals surface area (Å²) in [7, 11) is 0. The van der Waals surface area contributed by atoms with Crippen molar-refractivity contribution >= 4 is 27.3 Å². The van der Waals surface area contributed by atoms with Gasteiger partial charge in [0.1, 0.15) is 10.0 Å². The fourth-order valence-electron chi connectivity index (χ4n) is 2.00. The van der Waals surface area contributed by atoms with Gasteiger partial charge in [0.25, 0.3) is 0 Å². The summed E-state index contributed by atoms with van der Waals surface area (Å²) in [5.41, 5.74) is 2.35. The molecule has 2 aromatic rings. The van der Waals surface area contributed by atoms with Crippen molar-refractivity contribution in [2.75, 3.05) is 6.54 Å². The lowest BCUT2D eigenvalue weighted by Crippen LogP contribution is -2.19. The highest BCUT2D eigenvalue weighted by Gasteiger charge is 2.15. The molecule has 19 heavy (non-hydrogen) atoms. The van der Waals surface area contributed by atoms with Gasteiger partial charge in [-0.1, -0.05) is 41.1 Å². The van der Waals surface area contributed by atoms with E-state index in [2.05, 4.69) is 70.4 Å². The van der Waals surface area contributed by atoms with Crippen molar-refractivity contribution < 1.29 is 0 Å². The van der Waals surface area contributed by atoms with Crippen LogP contribution in [0.3, 0.4) is 0 Å². The summed E-state index contributed by atoms with van der Waals surface area (Å²) in [6.07, 6.45) is 1.03. The number of hydrogen-bond acceptors (Lipinski definition) is 4. The molecule has 1 aromatic carbocycles. The van der Waals surface area contributed by atoms with Crippen LogP contribution in [0.15, 0.2) is 22.7 Å². The van der Waals surface area contributed by atoms with E-state index in [0.717, 1.165) is 33.0 Å². The van der Waals surface area contributed by atoms with E-state index in [-0.39, 0.29) is 0 Å². The Morgan fingerprint density at radius 2 is 2.05 bits per heavy atom. The van der Waals surface area contributed by atoms with Crippen molar-refractivity contribution in [3.8, 4) is 10.6 Å². The second kappa shape index (κ2) is 6.59. The molecule has 3 nitrogen and oxygen atoms in total. The molecule has 102 valence electrons. The third kappa shape index (κ3) is 3.61. The maximum atomic E-state index is 4.33. The molecule has 0 aliphatic carbocycles. The molecule has 0 amide bonds. The first-order valence-electron chi connectivity index (χ1n) is 6.48. The fourth-order valence-corrected chi connectivity index (χ4v) is 3.60. The summed E-state index contributed by atoms with van der Waals surface area (Å²) in [5.74, 6) is 0. The Labute approximate surface area is 126 Å². The molecule has 0 spiro atoms. The second-order valence-corrected chi connectivity index (χ2v) is 6.41. The molecule has 0 saturated heterocycles. The standard InChI is InChI=1S/C14H18BrN3S/c1-4-12(16-5-2)14-18-17-13(19-14)10-6-9(3)7-11(15)8-10/h6-8,12,16H,4-5H2,1-3H3. The van der Waals surface area contributed by atoms with E-state index in [0.29, 0.717) is 6.04 Å². The van der Waals surface area contributed by atoms with Gasteiger partial charge < -0.3 is 5.32 Å². The third-order valence-corrected chi connectivity index (χ3v) is 4.43. The Morgan fingerprint density at radius 3 is 2.68 bits per heavy atom. The summed E-state index contributed by atoms with van der Waals surface area (Å²) in [4.78, 5) is 0. The number of rotatable bonds is 5. The first-order chi connectivity index (χ1) is 9.13. The summed E-state index contributed by atoms with van der Waals surface area (Å²) < 4.78 is 1.08. The van der Waals surface area contributed by atoms with Gasteiger partial charge in [-0.25, -0.2) is 0 Å². The largest absolute Gasteiger partial charge is 0.308 e. The lowest BCUT2D eigenvalue weighted by molar-refractivity contribution is 0.531. The SMILES string of the molecule is CCNC(CC)c1nnc(-c2cc(C)cc(Br)c2)s1. The molecule has 1 atom stereocenters. The number of halogens is 1. The molecule has 2 rings (SSSR count). The zero-order valence-electron chi connectivity index (χ0n) is 11.4. The van der Waals surface area contributed by atoms with Crippen molar-refractivity contribution in [3.05, 3.63) is 33.2 Å². The van der Waals surface area contributed by atoms with Crippen LogP contribution in [0.5, 0.6) is 0 Å². The monoisotopic (exact) mass is 339 g/mol. The molecule has 1 unspecified atom stereocenters. The Balaban J connectivity index is 2.29. The minimum atomic E-state index is 0.310. The Kier molecular flexibility index (Phi) is 5.07. The van der Waals surface area contributed by atoms with Crippen molar-refractivity contribution in [1.29, 1.82) is 0 Å². The highest BCUT2D eigenvalue weighted by Crippen LogP contribution is 2.30. The normalized spacial score (nSPS) is 12.6. The van der Waals surface area contributed by atoms with Gasteiger partial charge in [0.05, 0.1) is 6.04 Å². The molecular formula is C14H18BrN3S. The van der Waals surface area contributed by atoms with E-state index in [1.807, 2.05) is 0 Å². The molecule has 0 radical (unpaired) electrons. The fraction of sp³-hybridized carbons (Fsp3) is 0.429. The molecule has 0 aliphatic rings. The van der Waals surface area contributed by atoms with Gasteiger partial charge in [-0.15, -0.1) is 10.2 Å². The molecule has 0 aliphatic heterocycles. The Morgan fingerprint density at radius 1 is 1.26 bits per heavy atom. The van der Waals surface area contributed by atoms with Gasteiger partial charge in [0.15, 0.2) is 0 Å². The smallest absolute Gasteiger partial charge is 0.147 e. The first kappa shape index (κ1) is 14.6. The molecule has 1 aromatic heterocycles. The Hall–Kier alpha value is -0.780. The predicted molar refractivity (Wildman–Crippen MR) is 84.5 cm³/mol. The molecule has 1 N–H and O–H groups in total. The van der Waals surface area contributed by atoms with Crippen LogP contribution < -0.4 is 5.32 Å². The summed E-state index contributed by atoms with van der Waals surface area (Å²) in [6, 6.07) is 6.64. The highest BCUT2D eigenvalue weighted by atomic mass is 79.9. The lowest BCUT2D eigenvalue weighted by atomic mass is 10.1. The van der Waals surface area contributed by atoms with Gasteiger partial charge >= 0.3 is 0 Å². The molecular weight excluding hydrogens is 322 g/mol. The van der Waals surface area contributed by atoms with Gasteiger partial charge in [0, 0.05) is 10.0 Å². The molecule has 0 saturated carbocycles. The van der Waals surface area contributed by atoms with Gasteiger partial charge in [-0.3, -0.25) is 0 Å². The van der Waals surface area contributed by atoms with Gasteiger partial charge in [0.2, 0.25) is 0 Å².